The van der Waals surface area contributed by atoms with Gasteiger partial charge in [-0.1, -0.05) is 30.3 Å². The van der Waals surface area contributed by atoms with E-state index in [0.717, 1.165) is 11.3 Å². The van der Waals surface area contributed by atoms with Crippen LogP contribution in [0.4, 0.5) is 0 Å². The van der Waals surface area contributed by atoms with Gasteiger partial charge < -0.3 is 19.5 Å². The predicted octanol–water partition coefficient (Wildman–Crippen LogP) is 3.35. The van der Waals surface area contributed by atoms with Gasteiger partial charge >= 0.3 is 0 Å². The molecule has 1 amide bonds. The number of hydrogen-bond donors (Lipinski definition) is 1. The molecule has 2 atom stereocenters. The summed E-state index contributed by atoms with van der Waals surface area (Å²) < 4.78 is 16.3. The number of amides is 1. The molecule has 2 aromatic carbocycles. The topological polar surface area (TPSA) is 56.8 Å². The molecule has 0 bridgehead atoms. The van der Waals surface area contributed by atoms with E-state index in [4.69, 9.17) is 14.2 Å². The van der Waals surface area contributed by atoms with Gasteiger partial charge in [-0.05, 0) is 32.0 Å². The van der Waals surface area contributed by atoms with Gasteiger partial charge in [-0.3, -0.25) is 4.79 Å². The molecule has 0 radical (unpaired) electrons. The quantitative estimate of drug-likeness (QED) is 0.846. The normalized spacial score (nSPS) is 12.8. The standard InChI is InChI=1S/C19H23NO4/c1-13(15-9-5-6-10-16(15)22-3)20-19(21)14(2)24-18-12-8-7-11-17(18)23-4/h5-14H,1-4H3,(H,20,21)/t13-,14+/m0/s1. The third-order valence-corrected chi connectivity index (χ3v) is 3.71. The minimum atomic E-state index is -0.654. The molecule has 24 heavy (non-hydrogen) atoms. The van der Waals surface area contributed by atoms with Crippen LogP contribution in [0.5, 0.6) is 17.2 Å². The Labute approximate surface area is 142 Å². The molecule has 2 rings (SSSR count). The molecule has 0 aliphatic heterocycles. The van der Waals surface area contributed by atoms with Gasteiger partial charge in [0.05, 0.1) is 20.3 Å². The molecule has 0 aliphatic rings. The van der Waals surface area contributed by atoms with E-state index in [9.17, 15) is 4.79 Å². The first-order valence-electron chi connectivity index (χ1n) is 7.79. The van der Waals surface area contributed by atoms with Gasteiger partial charge in [-0.2, -0.15) is 0 Å². The molecule has 0 spiro atoms. The van der Waals surface area contributed by atoms with Crippen LogP contribution >= 0.6 is 0 Å². The molecule has 0 saturated carbocycles. The van der Waals surface area contributed by atoms with Crippen molar-refractivity contribution in [3.63, 3.8) is 0 Å². The molecule has 0 aliphatic carbocycles. The average Bonchev–Trinajstić information content (AvgIpc) is 2.61. The Balaban J connectivity index is 2.03. The number of carbonyl (C=O) groups excluding carboxylic acids is 1. The number of benzene rings is 2. The zero-order valence-electron chi connectivity index (χ0n) is 14.4. The minimum Gasteiger partial charge on any atom is -0.496 e. The minimum absolute atomic E-state index is 0.197. The molecule has 0 unspecified atom stereocenters. The molecular weight excluding hydrogens is 306 g/mol. The van der Waals surface area contributed by atoms with Crippen molar-refractivity contribution < 1.29 is 19.0 Å². The highest BCUT2D eigenvalue weighted by Crippen LogP contribution is 2.27. The van der Waals surface area contributed by atoms with E-state index in [2.05, 4.69) is 5.32 Å². The van der Waals surface area contributed by atoms with Gasteiger partial charge in [0.25, 0.3) is 5.91 Å². The molecule has 0 aromatic heterocycles. The van der Waals surface area contributed by atoms with Gasteiger partial charge in [0, 0.05) is 5.56 Å². The van der Waals surface area contributed by atoms with Crippen molar-refractivity contribution in [2.45, 2.75) is 26.0 Å². The monoisotopic (exact) mass is 329 g/mol. The van der Waals surface area contributed by atoms with Crippen molar-refractivity contribution in [1.82, 2.24) is 5.32 Å². The van der Waals surface area contributed by atoms with Gasteiger partial charge in [0.15, 0.2) is 17.6 Å². The van der Waals surface area contributed by atoms with Gasteiger partial charge in [-0.25, -0.2) is 0 Å². The van der Waals surface area contributed by atoms with Crippen molar-refractivity contribution >= 4 is 5.91 Å². The fourth-order valence-electron chi connectivity index (χ4n) is 2.39. The summed E-state index contributed by atoms with van der Waals surface area (Å²) in [6.45, 7) is 3.61. The second-order valence-electron chi connectivity index (χ2n) is 5.38. The van der Waals surface area contributed by atoms with E-state index in [-0.39, 0.29) is 11.9 Å². The van der Waals surface area contributed by atoms with Crippen LogP contribution in [0.3, 0.4) is 0 Å². The maximum Gasteiger partial charge on any atom is 0.261 e. The SMILES string of the molecule is COc1ccccc1O[C@H](C)C(=O)N[C@@H](C)c1ccccc1OC. The second kappa shape index (κ2) is 8.24. The molecule has 5 heteroatoms. The summed E-state index contributed by atoms with van der Waals surface area (Å²) in [6.07, 6.45) is -0.654. The van der Waals surface area contributed by atoms with Crippen molar-refractivity contribution in [3.8, 4) is 17.2 Å². The molecule has 1 N–H and O–H groups in total. The van der Waals surface area contributed by atoms with E-state index >= 15 is 0 Å². The smallest absolute Gasteiger partial charge is 0.261 e. The van der Waals surface area contributed by atoms with Crippen LogP contribution in [0, 0.1) is 0 Å². The maximum atomic E-state index is 12.4. The van der Waals surface area contributed by atoms with Crippen LogP contribution in [0.2, 0.25) is 0 Å². The second-order valence-corrected chi connectivity index (χ2v) is 5.38. The van der Waals surface area contributed by atoms with Crippen molar-refractivity contribution in [2.75, 3.05) is 14.2 Å². The lowest BCUT2D eigenvalue weighted by Crippen LogP contribution is -2.37. The van der Waals surface area contributed by atoms with Crippen LogP contribution in [0.25, 0.3) is 0 Å². The molecule has 0 fully saturated rings. The van der Waals surface area contributed by atoms with Gasteiger partial charge in [-0.15, -0.1) is 0 Å². The Morgan fingerprint density at radius 3 is 2.04 bits per heavy atom. The highest BCUT2D eigenvalue weighted by Gasteiger charge is 2.20. The summed E-state index contributed by atoms with van der Waals surface area (Å²) in [5, 5.41) is 2.94. The van der Waals surface area contributed by atoms with Gasteiger partial charge in [0.2, 0.25) is 0 Å². The molecular formula is C19H23NO4. The highest BCUT2D eigenvalue weighted by atomic mass is 16.5. The van der Waals surface area contributed by atoms with Crippen molar-refractivity contribution in [3.05, 3.63) is 54.1 Å². The van der Waals surface area contributed by atoms with Crippen LogP contribution < -0.4 is 19.5 Å². The number of ether oxygens (including phenoxy) is 3. The molecule has 5 nitrogen and oxygen atoms in total. The summed E-state index contributed by atoms with van der Waals surface area (Å²) in [4.78, 5) is 12.4. The molecule has 128 valence electrons. The summed E-state index contributed by atoms with van der Waals surface area (Å²) in [5.41, 5.74) is 0.915. The summed E-state index contributed by atoms with van der Waals surface area (Å²) in [7, 11) is 3.18. The lowest BCUT2D eigenvalue weighted by atomic mass is 10.1. The fraction of sp³-hybridized carbons (Fsp3) is 0.316. The lowest BCUT2D eigenvalue weighted by molar-refractivity contribution is -0.127. The van der Waals surface area contributed by atoms with E-state index in [1.807, 2.05) is 43.3 Å². The van der Waals surface area contributed by atoms with Gasteiger partial charge in [0.1, 0.15) is 5.75 Å². The van der Waals surface area contributed by atoms with Crippen molar-refractivity contribution in [2.24, 2.45) is 0 Å². The summed E-state index contributed by atoms with van der Waals surface area (Å²) >= 11 is 0. The highest BCUT2D eigenvalue weighted by molar-refractivity contribution is 5.81. The number of rotatable bonds is 7. The van der Waals surface area contributed by atoms with Crippen LogP contribution in [-0.4, -0.2) is 26.2 Å². The third-order valence-electron chi connectivity index (χ3n) is 3.71. The predicted molar refractivity (Wildman–Crippen MR) is 92.6 cm³/mol. The Hall–Kier alpha value is -2.69. The largest absolute Gasteiger partial charge is 0.496 e. The number of hydrogen-bond acceptors (Lipinski definition) is 4. The molecule has 0 heterocycles. The average molecular weight is 329 g/mol. The first kappa shape index (κ1) is 17.7. The van der Waals surface area contributed by atoms with E-state index in [1.54, 1.807) is 33.3 Å². The Bertz CT molecular complexity index is 687. The number of carbonyl (C=O) groups is 1. The van der Waals surface area contributed by atoms with Crippen LogP contribution in [0.15, 0.2) is 48.5 Å². The zero-order valence-corrected chi connectivity index (χ0v) is 14.4. The summed E-state index contributed by atoms with van der Waals surface area (Å²) in [6, 6.07) is 14.6. The molecule has 0 saturated heterocycles. The molecule has 2 aromatic rings. The van der Waals surface area contributed by atoms with Crippen molar-refractivity contribution in [1.29, 1.82) is 0 Å². The summed E-state index contributed by atoms with van der Waals surface area (Å²) in [5.74, 6) is 1.66. The Morgan fingerprint density at radius 1 is 0.875 bits per heavy atom. The number of para-hydroxylation sites is 3. The maximum absolute atomic E-state index is 12.4. The fourth-order valence-corrected chi connectivity index (χ4v) is 2.39. The van der Waals surface area contributed by atoms with Crippen LogP contribution in [0.1, 0.15) is 25.5 Å². The van der Waals surface area contributed by atoms with E-state index < -0.39 is 6.10 Å². The number of methoxy groups -OCH3 is 2. The first-order chi connectivity index (χ1) is 11.6. The van der Waals surface area contributed by atoms with Crippen LogP contribution in [-0.2, 0) is 4.79 Å². The Kier molecular flexibility index (Phi) is 6.07. The van der Waals surface area contributed by atoms with E-state index in [1.165, 1.54) is 0 Å². The lowest BCUT2D eigenvalue weighted by Gasteiger charge is -2.21. The van der Waals surface area contributed by atoms with E-state index in [0.29, 0.717) is 11.5 Å². The Morgan fingerprint density at radius 2 is 1.42 bits per heavy atom. The third kappa shape index (κ3) is 4.19. The number of nitrogens with one attached hydrogen (secondary N) is 1. The zero-order chi connectivity index (χ0) is 17.5. The first-order valence-corrected chi connectivity index (χ1v) is 7.79.